The third kappa shape index (κ3) is 3.21. The van der Waals surface area contributed by atoms with Gasteiger partial charge in [0.2, 0.25) is 0 Å². The van der Waals surface area contributed by atoms with Crippen molar-refractivity contribution in [2.45, 2.75) is 60.7 Å². The van der Waals surface area contributed by atoms with Crippen molar-refractivity contribution < 1.29 is 20.1 Å². The van der Waals surface area contributed by atoms with Crippen LogP contribution < -0.4 is 0 Å². The van der Waals surface area contributed by atoms with E-state index in [2.05, 4.69) is 83.2 Å². The molecule has 2 aromatic carbocycles. The Kier molecular flexibility index (Phi) is 6.08. The number of fused-ring (bicyclic) bond motifs is 2. The molecule has 4 rings (SSSR count). The quantitative estimate of drug-likeness (QED) is 0.366. The minimum absolute atomic E-state index is 0.769. The summed E-state index contributed by atoms with van der Waals surface area (Å²) in [4.78, 5) is 0. The summed E-state index contributed by atoms with van der Waals surface area (Å²) in [6.45, 7) is 11.8. The number of benzene rings is 2. The fourth-order valence-electron chi connectivity index (χ4n) is 5.33. The van der Waals surface area contributed by atoms with Gasteiger partial charge in [0.25, 0.3) is 0 Å². The molecule has 28 heavy (non-hydrogen) atoms. The van der Waals surface area contributed by atoms with Gasteiger partial charge in [-0.05, 0) is 0 Å². The van der Waals surface area contributed by atoms with Crippen LogP contribution in [-0.2, 0) is 32.9 Å². The summed E-state index contributed by atoms with van der Waals surface area (Å²) in [5, 5.41) is 0. The molecule has 0 heterocycles. The van der Waals surface area contributed by atoms with E-state index in [1.54, 1.807) is 44.5 Å². The topological polar surface area (TPSA) is 0 Å². The van der Waals surface area contributed by atoms with Crippen LogP contribution in [0.25, 0.3) is 12.2 Å². The van der Waals surface area contributed by atoms with Gasteiger partial charge in [0.05, 0.1) is 0 Å². The number of hydrogen-bond donors (Lipinski definition) is 0. The molecule has 0 saturated heterocycles. The molecule has 0 amide bonds. The van der Waals surface area contributed by atoms with Gasteiger partial charge in [-0.15, -0.1) is 0 Å². The zero-order valence-corrected chi connectivity index (χ0v) is 22.8. The standard InChI is InChI=1S/2C13H15.Hf.H2Si/c2*1-3-10-8-12-7-5-6-11(4-2)13(12)9-10;;/h2*5-9H,3-4H2,1-2H3;;1H2. The molecule has 0 spiro atoms. The zero-order valence-electron chi connectivity index (χ0n) is 17.8. The van der Waals surface area contributed by atoms with Crippen molar-refractivity contribution in [2.75, 3.05) is 0 Å². The Morgan fingerprint density at radius 2 is 1.11 bits per heavy atom. The fraction of sp³-hybridized carbons (Fsp3) is 0.385. The molecule has 0 aliphatic heterocycles. The first kappa shape index (κ1) is 20.3. The average molecular weight is 551 g/mol. The summed E-state index contributed by atoms with van der Waals surface area (Å²) in [5.74, 6) is 0. The molecule has 0 radical (unpaired) electrons. The molecule has 0 N–H and O–H groups in total. The molecular formula is C26H32HfSi. The molecule has 2 atom stereocenters. The van der Waals surface area contributed by atoms with Crippen molar-refractivity contribution >= 4 is 19.1 Å². The summed E-state index contributed by atoms with van der Waals surface area (Å²) in [6.07, 6.45) is 9.84. The molecule has 2 aliphatic rings. The number of allylic oxidation sites excluding steroid dienone is 2. The van der Waals surface area contributed by atoms with Crippen LogP contribution >= 0.6 is 0 Å². The fourth-order valence-corrected chi connectivity index (χ4v) is 24.6. The monoisotopic (exact) mass is 552 g/mol. The van der Waals surface area contributed by atoms with E-state index < -0.39 is 20.1 Å². The summed E-state index contributed by atoms with van der Waals surface area (Å²) in [6, 6.07) is 14.2. The van der Waals surface area contributed by atoms with E-state index in [4.69, 9.17) is 0 Å². The van der Waals surface area contributed by atoms with E-state index in [1.807, 2.05) is 0 Å². The van der Waals surface area contributed by atoms with Gasteiger partial charge in [0.15, 0.2) is 0 Å². The van der Waals surface area contributed by atoms with Gasteiger partial charge >= 0.3 is 181 Å². The van der Waals surface area contributed by atoms with Gasteiger partial charge in [-0.25, -0.2) is 0 Å². The average Bonchev–Trinajstić information content (AvgIpc) is 3.30. The van der Waals surface area contributed by atoms with Crippen LogP contribution in [0.3, 0.4) is 0 Å². The summed E-state index contributed by atoms with van der Waals surface area (Å²) >= 11 is -2.02. The first-order valence-electron chi connectivity index (χ1n) is 11.0. The van der Waals surface area contributed by atoms with Crippen molar-refractivity contribution in [2.24, 2.45) is 0 Å². The molecule has 2 aromatic rings. The van der Waals surface area contributed by atoms with Crippen LogP contribution in [0.2, 0.25) is 0 Å². The Morgan fingerprint density at radius 1 is 0.679 bits per heavy atom. The minimum atomic E-state index is -2.02. The van der Waals surface area contributed by atoms with Crippen LogP contribution in [0.4, 0.5) is 0 Å². The first-order valence-corrected chi connectivity index (χ1v) is 23.4. The van der Waals surface area contributed by atoms with Crippen LogP contribution in [0.15, 0.2) is 47.5 Å². The number of rotatable bonds is 6. The van der Waals surface area contributed by atoms with Crippen molar-refractivity contribution in [3.05, 3.63) is 80.9 Å². The molecule has 2 unspecified atom stereocenters. The maximum atomic E-state index is 2.57. The van der Waals surface area contributed by atoms with Crippen molar-refractivity contribution in [3.8, 4) is 0 Å². The van der Waals surface area contributed by atoms with E-state index in [9.17, 15) is 0 Å². The molecule has 0 aromatic heterocycles. The second-order valence-corrected chi connectivity index (χ2v) is 23.1. The van der Waals surface area contributed by atoms with Crippen LogP contribution in [0.5, 0.6) is 0 Å². The van der Waals surface area contributed by atoms with Crippen LogP contribution in [-0.4, -0.2) is 6.94 Å². The molecule has 0 fully saturated rings. The van der Waals surface area contributed by atoms with E-state index >= 15 is 0 Å². The molecular weight excluding hydrogens is 519 g/mol. The molecule has 2 aliphatic carbocycles. The second kappa shape index (κ2) is 8.40. The molecule has 0 saturated carbocycles. The van der Waals surface area contributed by atoms with Crippen LogP contribution in [0.1, 0.15) is 81.3 Å². The third-order valence-corrected chi connectivity index (χ3v) is 23.7. The van der Waals surface area contributed by atoms with Crippen LogP contribution in [0, 0.1) is 0 Å². The van der Waals surface area contributed by atoms with Crippen molar-refractivity contribution in [3.63, 3.8) is 0 Å². The predicted octanol–water partition coefficient (Wildman–Crippen LogP) is 6.37. The van der Waals surface area contributed by atoms with Gasteiger partial charge in [-0.2, -0.15) is 0 Å². The van der Waals surface area contributed by atoms with Gasteiger partial charge in [-0.3, -0.25) is 0 Å². The van der Waals surface area contributed by atoms with E-state index in [1.165, 1.54) is 12.8 Å². The second-order valence-electron chi connectivity index (χ2n) is 8.13. The van der Waals surface area contributed by atoms with Crippen molar-refractivity contribution in [1.82, 2.24) is 0 Å². The Bertz CT molecular complexity index is 916. The maximum absolute atomic E-state index is 2.57. The Hall–Kier alpha value is -0.993. The van der Waals surface area contributed by atoms with Gasteiger partial charge in [-0.1, -0.05) is 0 Å². The SMILES string of the molecule is CCC1=Cc2c(CC)cccc2[CH]1[Hf](=[SiH2])[CH]1C(CC)=Cc2c(CC)cccc21. The number of hydrogen-bond acceptors (Lipinski definition) is 0. The summed E-state index contributed by atoms with van der Waals surface area (Å²) in [5.41, 5.74) is 13.0. The molecule has 2 heteroatoms. The van der Waals surface area contributed by atoms with Crippen molar-refractivity contribution in [1.29, 1.82) is 0 Å². The Balaban J connectivity index is 1.81. The van der Waals surface area contributed by atoms with Gasteiger partial charge in [0.1, 0.15) is 0 Å². The molecule has 144 valence electrons. The van der Waals surface area contributed by atoms with E-state index in [0.29, 0.717) is 0 Å². The normalized spacial score (nSPS) is 19.9. The Labute approximate surface area is 180 Å². The summed E-state index contributed by atoms with van der Waals surface area (Å²) < 4.78 is 1.54. The van der Waals surface area contributed by atoms with E-state index in [0.717, 1.165) is 20.2 Å². The van der Waals surface area contributed by atoms with E-state index in [-0.39, 0.29) is 0 Å². The number of aryl methyl sites for hydroxylation is 2. The third-order valence-electron chi connectivity index (χ3n) is 6.80. The summed E-state index contributed by atoms with van der Waals surface area (Å²) in [7, 11) is 0. The van der Waals surface area contributed by atoms with Gasteiger partial charge < -0.3 is 0 Å². The zero-order chi connectivity index (χ0) is 19.8. The predicted molar refractivity (Wildman–Crippen MR) is 122 cm³/mol. The Morgan fingerprint density at radius 3 is 1.46 bits per heavy atom. The molecule has 0 bridgehead atoms. The first-order chi connectivity index (χ1) is 13.6. The molecule has 0 nitrogen and oxygen atoms in total. The van der Waals surface area contributed by atoms with Gasteiger partial charge in [0, 0.05) is 0 Å².